The molecule has 0 aliphatic heterocycles. The van der Waals surface area contributed by atoms with Crippen LogP contribution < -0.4 is 10.5 Å². The van der Waals surface area contributed by atoms with Crippen LogP contribution in [0.1, 0.15) is 0 Å². The standard InChI is InChI=1S/C7H9NO2.ClH/c1-10-7-3-5(8)2-6(9)4-7;/h2-4,9H,8H2,1H3;1H. The van der Waals surface area contributed by atoms with E-state index in [0.29, 0.717) is 11.4 Å². The fraction of sp³-hybridized carbons (Fsp3) is 0.143. The molecular weight excluding hydrogens is 166 g/mol. The van der Waals surface area contributed by atoms with Gasteiger partial charge in [-0.05, 0) is 0 Å². The van der Waals surface area contributed by atoms with Crippen LogP contribution in [-0.4, -0.2) is 12.2 Å². The van der Waals surface area contributed by atoms with Crippen molar-refractivity contribution in [3.8, 4) is 11.5 Å². The Morgan fingerprint density at radius 1 is 1.36 bits per heavy atom. The minimum Gasteiger partial charge on any atom is -0.508 e. The molecule has 3 nitrogen and oxygen atoms in total. The second-order valence-electron chi connectivity index (χ2n) is 1.96. The van der Waals surface area contributed by atoms with Gasteiger partial charge < -0.3 is 15.6 Å². The van der Waals surface area contributed by atoms with Gasteiger partial charge >= 0.3 is 0 Å². The van der Waals surface area contributed by atoms with E-state index in [-0.39, 0.29) is 18.2 Å². The van der Waals surface area contributed by atoms with Crippen molar-refractivity contribution >= 4 is 18.1 Å². The fourth-order valence-corrected chi connectivity index (χ4v) is 0.724. The first-order valence-electron chi connectivity index (χ1n) is 2.86. The van der Waals surface area contributed by atoms with E-state index in [1.54, 1.807) is 6.07 Å². The number of rotatable bonds is 1. The van der Waals surface area contributed by atoms with Gasteiger partial charge in [-0.1, -0.05) is 0 Å². The Balaban J connectivity index is 0.000001000. The third-order valence-electron chi connectivity index (χ3n) is 1.15. The van der Waals surface area contributed by atoms with Crippen LogP contribution in [0, 0.1) is 0 Å². The number of phenolic OH excluding ortho intramolecular Hbond substituents is 1. The molecule has 0 aromatic heterocycles. The van der Waals surface area contributed by atoms with Gasteiger partial charge in [-0.25, -0.2) is 0 Å². The number of hydrogen-bond donors (Lipinski definition) is 2. The monoisotopic (exact) mass is 175 g/mol. The van der Waals surface area contributed by atoms with E-state index in [9.17, 15) is 0 Å². The highest BCUT2D eigenvalue weighted by molar-refractivity contribution is 5.85. The van der Waals surface area contributed by atoms with Crippen molar-refractivity contribution < 1.29 is 9.84 Å². The zero-order valence-electron chi connectivity index (χ0n) is 6.07. The lowest BCUT2D eigenvalue weighted by Gasteiger charge is -2.00. The van der Waals surface area contributed by atoms with Crippen molar-refractivity contribution in [2.45, 2.75) is 0 Å². The van der Waals surface area contributed by atoms with Gasteiger partial charge in [0.25, 0.3) is 0 Å². The lowest BCUT2D eigenvalue weighted by atomic mass is 10.3. The van der Waals surface area contributed by atoms with Crippen LogP contribution in [0.25, 0.3) is 0 Å². The predicted octanol–water partition coefficient (Wildman–Crippen LogP) is 1.40. The Hall–Kier alpha value is -1.09. The van der Waals surface area contributed by atoms with E-state index in [1.807, 2.05) is 0 Å². The van der Waals surface area contributed by atoms with Gasteiger partial charge in [0, 0.05) is 23.9 Å². The van der Waals surface area contributed by atoms with Gasteiger partial charge in [0.15, 0.2) is 0 Å². The van der Waals surface area contributed by atoms with Crippen LogP contribution in [-0.2, 0) is 0 Å². The highest BCUT2D eigenvalue weighted by Gasteiger charge is 1.94. The summed E-state index contributed by atoms with van der Waals surface area (Å²) in [4.78, 5) is 0. The summed E-state index contributed by atoms with van der Waals surface area (Å²) in [5.74, 6) is 0.689. The summed E-state index contributed by atoms with van der Waals surface area (Å²) in [7, 11) is 1.52. The molecule has 0 aliphatic rings. The van der Waals surface area contributed by atoms with Gasteiger partial charge in [-0.3, -0.25) is 0 Å². The zero-order chi connectivity index (χ0) is 7.56. The smallest absolute Gasteiger partial charge is 0.124 e. The molecule has 0 bridgehead atoms. The Labute approximate surface area is 71.2 Å². The first kappa shape index (κ1) is 9.91. The molecule has 0 saturated heterocycles. The molecule has 0 spiro atoms. The summed E-state index contributed by atoms with van der Waals surface area (Å²) in [6, 6.07) is 4.60. The average Bonchev–Trinajstić information content (AvgIpc) is 1.85. The number of hydrogen-bond acceptors (Lipinski definition) is 3. The molecule has 4 heteroatoms. The first-order chi connectivity index (χ1) is 4.72. The molecule has 0 saturated carbocycles. The maximum Gasteiger partial charge on any atom is 0.124 e. The average molecular weight is 176 g/mol. The van der Waals surface area contributed by atoms with Gasteiger partial charge in [0.2, 0.25) is 0 Å². The third kappa shape index (κ3) is 2.55. The van der Waals surface area contributed by atoms with Crippen LogP contribution in [0.3, 0.4) is 0 Å². The van der Waals surface area contributed by atoms with E-state index < -0.39 is 0 Å². The molecule has 1 rings (SSSR count). The Morgan fingerprint density at radius 3 is 2.45 bits per heavy atom. The summed E-state index contributed by atoms with van der Waals surface area (Å²) in [5.41, 5.74) is 5.89. The minimum absolute atomic E-state index is 0. The predicted molar refractivity (Wildman–Crippen MR) is 46.3 cm³/mol. The summed E-state index contributed by atoms with van der Waals surface area (Å²) in [5, 5.41) is 8.96. The lowest BCUT2D eigenvalue weighted by molar-refractivity contribution is 0.408. The molecule has 3 N–H and O–H groups in total. The number of anilines is 1. The van der Waals surface area contributed by atoms with Crippen LogP contribution in [0.5, 0.6) is 11.5 Å². The summed E-state index contributed by atoms with van der Waals surface area (Å²) in [6.45, 7) is 0. The highest BCUT2D eigenvalue weighted by Crippen LogP contribution is 2.22. The molecule has 0 atom stereocenters. The van der Waals surface area contributed by atoms with Gasteiger partial charge in [0.05, 0.1) is 7.11 Å². The minimum atomic E-state index is 0. The van der Waals surface area contributed by atoms with Crippen molar-refractivity contribution in [1.29, 1.82) is 0 Å². The molecule has 0 amide bonds. The number of nitrogens with two attached hydrogens (primary N) is 1. The van der Waals surface area contributed by atoms with Crippen molar-refractivity contribution in [3.05, 3.63) is 18.2 Å². The fourth-order valence-electron chi connectivity index (χ4n) is 0.724. The second-order valence-corrected chi connectivity index (χ2v) is 1.96. The van der Waals surface area contributed by atoms with Crippen molar-refractivity contribution in [3.63, 3.8) is 0 Å². The summed E-state index contributed by atoms with van der Waals surface area (Å²) in [6.07, 6.45) is 0. The Morgan fingerprint density at radius 2 is 2.00 bits per heavy atom. The molecule has 62 valence electrons. The van der Waals surface area contributed by atoms with E-state index in [1.165, 1.54) is 19.2 Å². The quantitative estimate of drug-likeness (QED) is 0.635. The SMILES string of the molecule is COc1cc(N)cc(O)c1.Cl. The van der Waals surface area contributed by atoms with Crippen molar-refractivity contribution in [2.75, 3.05) is 12.8 Å². The largest absolute Gasteiger partial charge is 0.508 e. The number of benzene rings is 1. The van der Waals surface area contributed by atoms with E-state index in [2.05, 4.69) is 0 Å². The summed E-state index contributed by atoms with van der Waals surface area (Å²) < 4.78 is 4.84. The van der Waals surface area contributed by atoms with Crippen LogP contribution >= 0.6 is 12.4 Å². The highest BCUT2D eigenvalue weighted by atomic mass is 35.5. The lowest BCUT2D eigenvalue weighted by Crippen LogP contribution is -1.87. The molecule has 0 unspecified atom stereocenters. The van der Waals surface area contributed by atoms with Gasteiger partial charge in [0.1, 0.15) is 11.5 Å². The van der Waals surface area contributed by atoms with Crippen molar-refractivity contribution in [2.24, 2.45) is 0 Å². The summed E-state index contributed by atoms with van der Waals surface area (Å²) >= 11 is 0. The van der Waals surface area contributed by atoms with Gasteiger partial charge in [-0.15, -0.1) is 12.4 Å². The maximum absolute atomic E-state index is 8.96. The van der Waals surface area contributed by atoms with Gasteiger partial charge in [-0.2, -0.15) is 0 Å². The molecule has 1 aromatic rings. The van der Waals surface area contributed by atoms with E-state index in [0.717, 1.165) is 0 Å². The normalized spacial score (nSPS) is 8.45. The van der Waals surface area contributed by atoms with E-state index >= 15 is 0 Å². The second kappa shape index (κ2) is 3.93. The number of phenols is 1. The number of ether oxygens (including phenoxy) is 1. The van der Waals surface area contributed by atoms with Crippen LogP contribution in [0.15, 0.2) is 18.2 Å². The third-order valence-corrected chi connectivity index (χ3v) is 1.15. The molecular formula is C7H10ClNO2. The van der Waals surface area contributed by atoms with Crippen molar-refractivity contribution in [1.82, 2.24) is 0 Å². The maximum atomic E-state index is 8.96. The molecule has 1 aromatic carbocycles. The zero-order valence-corrected chi connectivity index (χ0v) is 6.89. The molecule has 0 aliphatic carbocycles. The van der Waals surface area contributed by atoms with Crippen LogP contribution in [0.4, 0.5) is 5.69 Å². The number of aromatic hydroxyl groups is 1. The molecule has 0 heterocycles. The Kier molecular flexibility index (Phi) is 3.54. The number of halogens is 1. The topological polar surface area (TPSA) is 55.5 Å². The number of methoxy groups -OCH3 is 1. The van der Waals surface area contributed by atoms with E-state index in [4.69, 9.17) is 15.6 Å². The molecule has 0 fully saturated rings. The first-order valence-corrected chi connectivity index (χ1v) is 2.86. The Bertz CT molecular complexity index is 220. The number of nitrogen functional groups attached to an aromatic ring is 1. The molecule has 0 radical (unpaired) electrons. The molecule has 11 heavy (non-hydrogen) atoms. The van der Waals surface area contributed by atoms with Crippen LogP contribution in [0.2, 0.25) is 0 Å².